The number of nitrogens with two attached hydrogens (primary N) is 1. The summed E-state index contributed by atoms with van der Waals surface area (Å²) < 4.78 is 30.9. The Bertz CT molecular complexity index is 511. The predicted molar refractivity (Wildman–Crippen MR) is 50.8 cm³/mol. The van der Waals surface area contributed by atoms with Crippen LogP contribution in [0.1, 0.15) is 5.56 Å². The molecule has 1 heterocycles. The Morgan fingerprint density at radius 2 is 2.07 bits per heavy atom. The molecular formula is C7H6ClNO4S. The van der Waals surface area contributed by atoms with Crippen molar-refractivity contribution >= 4 is 27.7 Å². The molecule has 0 fully saturated rings. The molecule has 1 aromatic rings. The molecule has 14 heavy (non-hydrogen) atoms. The van der Waals surface area contributed by atoms with Gasteiger partial charge in [0.05, 0.1) is 5.02 Å². The molecule has 2 rings (SSSR count). The third-order valence-electron chi connectivity index (χ3n) is 1.85. The van der Waals surface area contributed by atoms with Crippen molar-refractivity contribution in [3.63, 3.8) is 0 Å². The van der Waals surface area contributed by atoms with Gasteiger partial charge in [-0.25, -0.2) is 0 Å². The first-order valence-corrected chi connectivity index (χ1v) is 5.34. The highest BCUT2D eigenvalue weighted by atomic mass is 35.5. The molecule has 0 unspecified atom stereocenters. The van der Waals surface area contributed by atoms with Crippen LogP contribution >= 0.6 is 11.6 Å². The van der Waals surface area contributed by atoms with Crippen LogP contribution < -0.4 is 14.1 Å². The van der Waals surface area contributed by atoms with E-state index in [2.05, 4.69) is 8.37 Å². The molecule has 1 aliphatic heterocycles. The molecule has 1 aliphatic rings. The first kappa shape index (κ1) is 9.42. The molecule has 2 N–H and O–H groups in total. The molecule has 0 bridgehead atoms. The Hall–Kier alpha value is -1.14. The minimum absolute atomic E-state index is 0.00151. The van der Waals surface area contributed by atoms with Crippen LogP contribution in [0.3, 0.4) is 0 Å². The minimum atomic E-state index is -4.00. The topological polar surface area (TPSA) is 78.6 Å². The second-order valence-electron chi connectivity index (χ2n) is 2.81. The second kappa shape index (κ2) is 2.68. The van der Waals surface area contributed by atoms with Gasteiger partial charge in [-0.3, -0.25) is 0 Å². The lowest BCUT2D eigenvalue weighted by Crippen LogP contribution is -2.08. The summed E-state index contributed by atoms with van der Waals surface area (Å²) in [6.07, 6.45) is 0. The monoisotopic (exact) mass is 235 g/mol. The molecule has 0 atom stereocenters. The highest BCUT2D eigenvalue weighted by Crippen LogP contribution is 2.45. The van der Waals surface area contributed by atoms with Gasteiger partial charge in [-0.05, 0) is 12.5 Å². The van der Waals surface area contributed by atoms with Crippen molar-refractivity contribution in [3.05, 3.63) is 16.7 Å². The minimum Gasteiger partial charge on any atom is -0.398 e. The van der Waals surface area contributed by atoms with E-state index in [0.717, 1.165) is 0 Å². The normalized spacial score (nSPS) is 17.0. The van der Waals surface area contributed by atoms with Crippen LogP contribution in [0.15, 0.2) is 6.07 Å². The van der Waals surface area contributed by atoms with Crippen LogP contribution in [0.2, 0.25) is 5.02 Å². The number of halogens is 1. The predicted octanol–water partition coefficient (Wildman–Crippen LogP) is 1.25. The van der Waals surface area contributed by atoms with Gasteiger partial charge in [0.2, 0.25) is 5.75 Å². The number of rotatable bonds is 0. The summed E-state index contributed by atoms with van der Waals surface area (Å²) in [5, 5.41) is 0.154. The molecule has 0 radical (unpaired) electrons. The zero-order valence-corrected chi connectivity index (χ0v) is 8.65. The van der Waals surface area contributed by atoms with Gasteiger partial charge in [-0.2, -0.15) is 0 Å². The SMILES string of the molecule is Cc1c(N)cc2c(c1Cl)OS(=O)(=O)O2. The highest BCUT2D eigenvalue weighted by molar-refractivity contribution is 7.82. The Kier molecular flexibility index (Phi) is 1.80. The number of hydrogen-bond acceptors (Lipinski definition) is 5. The van der Waals surface area contributed by atoms with Crippen molar-refractivity contribution in [3.8, 4) is 11.5 Å². The van der Waals surface area contributed by atoms with Crippen molar-refractivity contribution in [2.24, 2.45) is 0 Å². The van der Waals surface area contributed by atoms with E-state index in [1.165, 1.54) is 6.07 Å². The number of anilines is 1. The van der Waals surface area contributed by atoms with Gasteiger partial charge in [0, 0.05) is 11.8 Å². The number of nitrogen functional groups attached to an aromatic ring is 1. The van der Waals surface area contributed by atoms with Gasteiger partial charge in [0.1, 0.15) is 0 Å². The summed E-state index contributed by atoms with van der Waals surface area (Å²) in [5.41, 5.74) is 6.48. The third kappa shape index (κ3) is 1.27. The van der Waals surface area contributed by atoms with E-state index in [1.54, 1.807) is 6.92 Å². The molecule has 0 aromatic heterocycles. The van der Waals surface area contributed by atoms with Crippen molar-refractivity contribution in [2.75, 3.05) is 5.73 Å². The van der Waals surface area contributed by atoms with Crippen molar-refractivity contribution in [2.45, 2.75) is 6.92 Å². The largest absolute Gasteiger partial charge is 0.501 e. The number of hydrogen-bond donors (Lipinski definition) is 1. The van der Waals surface area contributed by atoms with Crippen molar-refractivity contribution < 1.29 is 16.8 Å². The molecule has 0 spiro atoms. The van der Waals surface area contributed by atoms with Crippen LogP contribution in [0, 0.1) is 6.92 Å². The fourth-order valence-electron chi connectivity index (χ4n) is 1.09. The molecule has 76 valence electrons. The van der Waals surface area contributed by atoms with Gasteiger partial charge >= 0.3 is 10.4 Å². The van der Waals surface area contributed by atoms with Gasteiger partial charge in [-0.1, -0.05) is 11.6 Å². The number of fused-ring (bicyclic) bond motifs is 1. The highest BCUT2D eigenvalue weighted by Gasteiger charge is 2.32. The molecule has 5 nitrogen and oxygen atoms in total. The second-order valence-corrected chi connectivity index (χ2v) is 4.33. The molecule has 7 heteroatoms. The van der Waals surface area contributed by atoms with Gasteiger partial charge in [-0.15, -0.1) is 8.42 Å². The first-order valence-electron chi connectivity index (χ1n) is 3.63. The summed E-state index contributed by atoms with van der Waals surface area (Å²) in [7, 11) is -4.00. The Morgan fingerprint density at radius 3 is 2.71 bits per heavy atom. The van der Waals surface area contributed by atoms with E-state index in [9.17, 15) is 8.42 Å². The zero-order chi connectivity index (χ0) is 10.5. The van der Waals surface area contributed by atoms with Crippen LogP contribution in [0.25, 0.3) is 0 Å². The van der Waals surface area contributed by atoms with Crippen molar-refractivity contribution in [1.29, 1.82) is 0 Å². The lowest BCUT2D eigenvalue weighted by Gasteiger charge is -2.03. The summed E-state index contributed by atoms with van der Waals surface area (Å²) in [6, 6.07) is 1.36. The maximum atomic E-state index is 10.9. The summed E-state index contributed by atoms with van der Waals surface area (Å²) >= 11 is 5.82. The fourth-order valence-corrected chi connectivity index (χ4v) is 2.12. The quantitative estimate of drug-likeness (QED) is 0.685. The van der Waals surface area contributed by atoms with E-state index < -0.39 is 10.4 Å². The van der Waals surface area contributed by atoms with E-state index in [1.807, 2.05) is 0 Å². The molecular weight excluding hydrogens is 230 g/mol. The zero-order valence-electron chi connectivity index (χ0n) is 7.07. The van der Waals surface area contributed by atoms with Crippen LogP contribution in [-0.2, 0) is 10.4 Å². The van der Waals surface area contributed by atoms with Gasteiger partial charge in [0.25, 0.3) is 0 Å². The van der Waals surface area contributed by atoms with E-state index in [0.29, 0.717) is 11.3 Å². The summed E-state index contributed by atoms with van der Waals surface area (Å²) in [4.78, 5) is 0. The van der Waals surface area contributed by atoms with Gasteiger partial charge < -0.3 is 14.1 Å². The maximum absolute atomic E-state index is 10.9. The van der Waals surface area contributed by atoms with Crippen LogP contribution in [-0.4, -0.2) is 8.42 Å². The van der Waals surface area contributed by atoms with E-state index in [-0.39, 0.29) is 16.5 Å². The lowest BCUT2D eigenvalue weighted by atomic mass is 10.2. The molecule has 0 saturated carbocycles. The summed E-state index contributed by atoms with van der Waals surface area (Å²) in [5.74, 6) is 0.0245. The average molecular weight is 236 g/mol. The standard InChI is InChI=1S/C7H6ClNO4S/c1-3-4(9)2-5-7(6(3)8)13-14(10,11)12-5/h2H,9H2,1H3. The fraction of sp³-hybridized carbons (Fsp3) is 0.143. The van der Waals surface area contributed by atoms with E-state index in [4.69, 9.17) is 17.3 Å². The summed E-state index contributed by atoms with van der Waals surface area (Å²) in [6.45, 7) is 1.66. The lowest BCUT2D eigenvalue weighted by molar-refractivity contribution is 0.436. The first-order chi connectivity index (χ1) is 6.41. The Morgan fingerprint density at radius 1 is 1.43 bits per heavy atom. The third-order valence-corrected chi connectivity index (χ3v) is 3.06. The van der Waals surface area contributed by atoms with E-state index >= 15 is 0 Å². The van der Waals surface area contributed by atoms with Crippen molar-refractivity contribution in [1.82, 2.24) is 0 Å². The Balaban J connectivity index is 2.70. The molecule has 0 saturated heterocycles. The van der Waals surface area contributed by atoms with Crippen LogP contribution in [0.4, 0.5) is 5.69 Å². The molecule has 0 aliphatic carbocycles. The Labute approximate surface area is 85.7 Å². The maximum Gasteiger partial charge on any atom is 0.501 e. The number of benzene rings is 1. The molecule has 0 amide bonds. The molecule has 1 aromatic carbocycles. The van der Waals surface area contributed by atoms with Crippen LogP contribution in [0.5, 0.6) is 11.5 Å². The average Bonchev–Trinajstić information content (AvgIpc) is 2.37. The van der Waals surface area contributed by atoms with Gasteiger partial charge in [0.15, 0.2) is 5.75 Å². The smallest absolute Gasteiger partial charge is 0.398 e.